The van der Waals surface area contributed by atoms with Crippen LogP contribution in [0.3, 0.4) is 0 Å². The van der Waals surface area contributed by atoms with Gasteiger partial charge < -0.3 is 14.2 Å². The Morgan fingerprint density at radius 1 is 1.17 bits per heavy atom. The van der Waals surface area contributed by atoms with Crippen LogP contribution < -0.4 is 24.4 Å². The fourth-order valence-electron chi connectivity index (χ4n) is 3.84. The Labute approximate surface area is 210 Å². The highest BCUT2D eigenvalue weighted by Gasteiger charge is 2.34. The van der Waals surface area contributed by atoms with Gasteiger partial charge in [0, 0.05) is 5.02 Å². The number of halogens is 1. The van der Waals surface area contributed by atoms with Crippen LogP contribution in [0.2, 0.25) is 5.02 Å². The molecule has 0 aliphatic carbocycles. The smallest absolute Gasteiger partial charge is 0.338 e. The lowest BCUT2D eigenvalue weighted by molar-refractivity contribution is -0.138. The van der Waals surface area contributed by atoms with Gasteiger partial charge in [-0.3, -0.25) is 9.36 Å². The zero-order valence-corrected chi connectivity index (χ0v) is 21.0. The summed E-state index contributed by atoms with van der Waals surface area (Å²) in [6.45, 7) is 5.37. The molecule has 0 unspecified atom stereocenters. The normalized spacial score (nSPS) is 15.3. The Kier molecular flexibility index (Phi) is 7.23. The molecule has 0 spiro atoms. The van der Waals surface area contributed by atoms with Gasteiger partial charge in [0.25, 0.3) is 5.56 Å². The third-order valence-corrected chi connectivity index (χ3v) is 6.70. The Morgan fingerprint density at radius 3 is 2.54 bits per heavy atom. The first-order chi connectivity index (χ1) is 16.9. The van der Waals surface area contributed by atoms with Gasteiger partial charge in [0.2, 0.25) is 0 Å². The lowest BCUT2D eigenvalue weighted by atomic mass is 9.95. The van der Waals surface area contributed by atoms with Crippen LogP contribution in [0.4, 0.5) is 0 Å². The number of methoxy groups -OCH3 is 2. The fourth-order valence-corrected chi connectivity index (χ4v) is 5.02. The molecule has 0 saturated carbocycles. The first-order valence-corrected chi connectivity index (χ1v) is 11.9. The third kappa shape index (κ3) is 4.80. The molecule has 35 heavy (non-hydrogen) atoms. The molecule has 7 nitrogen and oxygen atoms in total. The molecule has 4 rings (SSSR count). The van der Waals surface area contributed by atoms with Crippen molar-refractivity contribution in [1.29, 1.82) is 0 Å². The average molecular weight is 511 g/mol. The number of benzene rings is 2. The number of allylic oxidation sites excluding steroid dienone is 1. The van der Waals surface area contributed by atoms with E-state index in [1.54, 1.807) is 50.4 Å². The largest absolute Gasteiger partial charge is 0.493 e. The predicted octanol–water partition coefficient (Wildman–Crippen LogP) is 3.64. The van der Waals surface area contributed by atoms with Gasteiger partial charge in [0.15, 0.2) is 16.3 Å². The quantitative estimate of drug-likeness (QED) is 0.358. The van der Waals surface area contributed by atoms with E-state index >= 15 is 0 Å². The molecule has 1 aliphatic heterocycles. The van der Waals surface area contributed by atoms with E-state index in [0.717, 1.165) is 5.56 Å². The van der Waals surface area contributed by atoms with E-state index in [-0.39, 0.29) is 17.7 Å². The summed E-state index contributed by atoms with van der Waals surface area (Å²) in [5.74, 6) is 0.433. The summed E-state index contributed by atoms with van der Waals surface area (Å²) in [4.78, 5) is 31.8. The third-order valence-electron chi connectivity index (χ3n) is 5.46. The van der Waals surface area contributed by atoms with Gasteiger partial charge in [-0.1, -0.05) is 53.8 Å². The van der Waals surface area contributed by atoms with E-state index in [0.29, 0.717) is 37.1 Å². The van der Waals surface area contributed by atoms with E-state index in [9.17, 15) is 9.59 Å². The van der Waals surface area contributed by atoms with E-state index in [4.69, 9.17) is 25.8 Å². The molecular formula is C26H23ClN2O5S. The van der Waals surface area contributed by atoms with E-state index in [1.165, 1.54) is 29.1 Å². The Balaban J connectivity index is 1.95. The average Bonchev–Trinajstić information content (AvgIpc) is 3.16. The van der Waals surface area contributed by atoms with Gasteiger partial charge >= 0.3 is 5.97 Å². The number of esters is 1. The summed E-state index contributed by atoms with van der Waals surface area (Å²) >= 11 is 7.24. The minimum atomic E-state index is -0.768. The van der Waals surface area contributed by atoms with Crippen molar-refractivity contribution in [2.45, 2.75) is 13.0 Å². The van der Waals surface area contributed by atoms with Crippen molar-refractivity contribution < 1.29 is 19.0 Å². The molecule has 0 fully saturated rings. The zero-order valence-electron chi connectivity index (χ0n) is 19.4. The lowest BCUT2D eigenvalue weighted by Gasteiger charge is -2.25. The summed E-state index contributed by atoms with van der Waals surface area (Å²) in [5.41, 5.74) is 1.94. The molecule has 9 heteroatoms. The van der Waals surface area contributed by atoms with Crippen LogP contribution in [0.5, 0.6) is 11.5 Å². The number of fused-ring (bicyclic) bond motifs is 1. The Hall–Kier alpha value is -3.62. The standard InChI is InChI=1S/C26H23ClN2O5S/c1-5-12-34-25(31)22-15(2)28-26-29(23(22)17-8-11-19(32-3)20(14-17)33-4)24(30)21(35-26)13-16-6-9-18(27)10-7-16/h5-11,13-14,23H,1,12H2,2-4H3/b21-13+/t23-/m0/s1. The summed E-state index contributed by atoms with van der Waals surface area (Å²) in [5, 5.41) is 0.607. The lowest BCUT2D eigenvalue weighted by Crippen LogP contribution is -2.40. The van der Waals surface area contributed by atoms with Gasteiger partial charge in [-0.25, -0.2) is 9.79 Å². The second-order valence-electron chi connectivity index (χ2n) is 7.63. The molecule has 2 heterocycles. The maximum atomic E-state index is 13.6. The molecule has 2 aromatic carbocycles. The molecule has 1 aliphatic rings. The first kappa shape index (κ1) is 24.5. The number of ether oxygens (including phenoxy) is 3. The highest BCUT2D eigenvalue weighted by molar-refractivity contribution is 7.07. The van der Waals surface area contributed by atoms with Crippen molar-refractivity contribution in [1.82, 2.24) is 4.57 Å². The number of thiazole rings is 1. The van der Waals surface area contributed by atoms with Crippen LogP contribution in [0.15, 0.2) is 76.2 Å². The molecule has 0 amide bonds. The fraction of sp³-hybridized carbons (Fsp3) is 0.192. The summed E-state index contributed by atoms with van der Waals surface area (Å²) in [7, 11) is 3.07. The molecule has 0 bridgehead atoms. The summed E-state index contributed by atoms with van der Waals surface area (Å²) in [6.07, 6.45) is 3.27. The SMILES string of the molecule is C=CCOC(=O)C1=C(C)N=c2s/c(=C/c3ccc(Cl)cc3)c(=O)n2[C@H]1c1ccc(OC)c(OC)c1. The van der Waals surface area contributed by atoms with Gasteiger partial charge in [0.05, 0.1) is 36.1 Å². The topological polar surface area (TPSA) is 79.1 Å². The monoisotopic (exact) mass is 510 g/mol. The van der Waals surface area contributed by atoms with Crippen LogP contribution >= 0.6 is 22.9 Å². The summed E-state index contributed by atoms with van der Waals surface area (Å²) < 4.78 is 18.2. The van der Waals surface area contributed by atoms with Crippen molar-refractivity contribution in [2.75, 3.05) is 20.8 Å². The van der Waals surface area contributed by atoms with Crippen molar-refractivity contribution in [3.05, 3.63) is 102 Å². The zero-order chi connectivity index (χ0) is 25.1. The van der Waals surface area contributed by atoms with Crippen molar-refractivity contribution >= 4 is 35.0 Å². The minimum absolute atomic E-state index is 0.0370. The van der Waals surface area contributed by atoms with Crippen molar-refractivity contribution in [3.63, 3.8) is 0 Å². The number of hydrogen-bond acceptors (Lipinski definition) is 7. The number of carbonyl (C=O) groups excluding carboxylic acids is 1. The summed E-state index contributed by atoms with van der Waals surface area (Å²) in [6, 6.07) is 11.7. The molecular weight excluding hydrogens is 488 g/mol. The first-order valence-electron chi connectivity index (χ1n) is 10.7. The van der Waals surface area contributed by atoms with Gasteiger partial charge in [-0.05, 0) is 48.4 Å². The molecule has 180 valence electrons. The van der Waals surface area contributed by atoms with Crippen molar-refractivity contribution in [3.8, 4) is 11.5 Å². The van der Waals surface area contributed by atoms with E-state index < -0.39 is 12.0 Å². The van der Waals surface area contributed by atoms with Gasteiger partial charge in [-0.2, -0.15) is 0 Å². The molecule has 0 radical (unpaired) electrons. The highest BCUT2D eigenvalue weighted by atomic mass is 35.5. The van der Waals surface area contributed by atoms with Crippen LogP contribution in [-0.4, -0.2) is 31.4 Å². The Bertz CT molecular complexity index is 1500. The minimum Gasteiger partial charge on any atom is -0.493 e. The van der Waals surface area contributed by atoms with Crippen molar-refractivity contribution in [2.24, 2.45) is 4.99 Å². The van der Waals surface area contributed by atoms with Crippen LogP contribution in [0.25, 0.3) is 6.08 Å². The maximum Gasteiger partial charge on any atom is 0.338 e. The van der Waals surface area contributed by atoms with Gasteiger partial charge in [0.1, 0.15) is 6.61 Å². The van der Waals surface area contributed by atoms with Gasteiger partial charge in [-0.15, -0.1) is 0 Å². The van der Waals surface area contributed by atoms with E-state index in [2.05, 4.69) is 11.6 Å². The number of nitrogens with zero attached hydrogens (tertiary/aromatic N) is 2. The molecule has 3 aromatic rings. The number of hydrogen-bond donors (Lipinski definition) is 0. The van der Waals surface area contributed by atoms with Crippen LogP contribution in [0, 0.1) is 0 Å². The number of rotatable bonds is 7. The van der Waals surface area contributed by atoms with E-state index in [1.807, 2.05) is 12.1 Å². The molecule has 1 atom stereocenters. The highest BCUT2D eigenvalue weighted by Crippen LogP contribution is 2.36. The van der Waals surface area contributed by atoms with Crippen LogP contribution in [0.1, 0.15) is 24.1 Å². The number of carbonyl (C=O) groups is 1. The number of aromatic nitrogens is 1. The molecule has 0 N–H and O–H groups in total. The van der Waals surface area contributed by atoms with Crippen LogP contribution in [-0.2, 0) is 9.53 Å². The second kappa shape index (κ2) is 10.3. The molecule has 0 saturated heterocycles. The molecule has 1 aromatic heterocycles. The second-order valence-corrected chi connectivity index (χ2v) is 9.08. The predicted molar refractivity (Wildman–Crippen MR) is 136 cm³/mol. The maximum absolute atomic E-state index is 13.6. The Morgan fingerprint density at radius 2 is 1.89 bits per heavy atom.